The predicted molar refractivity (Wildman–Crippen MR) is 157 cm³/mol. The number of hydrogen-bond acceptors (Lipinski definition) is 5. The van der Waals surface area contributed by atoms with Crippen LogP contribution in [-0.2, 0) is 10.3 Å². The third kappa shape index (κ3) is 4.22. The highest BCUT2D eigenvalue weighted by Gasteiger charge is 2.53. The van der Waals surface area contributed by atoms with Gasteiger partial charge in [-0.25, -0.2) is 4.79 Å². The molecule has 0 saturated carbocycles. The molecule has 0 amide bonds. The van der Waals surface area contributed by atoms with Gasteiger partial charge in [-0.1, -0.05) is 43.1 Å². The van der Waals surface area contributed by atoms with Crippen LogP contribution in [0.2, 0.25) is 5.02 Å². The number of anilines is 3. The lowest BCUT2D eigenvalue weighted by Gasteiger charge is -2.37. The largest absolute Gasteiger partial charge is 0.456 e. The Bertz CT molecular complexity index is 1570. The third-order valence-corrected chi connectivity index (χ3v) is 8.08. The molecule has 4 aromatic carbocycles. The Kier molecular flexibility index (Phi) is 6.48. The highest BCUT2D eigenvalue weighted by atomic mass is 35.5. The fourth-order valence-electron chi connectivity index (χ4n) is 5.61. The van der Waals surface area contributed by atoms with E-state index in [4.69, 9.17) is 21.1 Å². The molecule has 1 N–H and O–H groups in total. The number of aryl methyl sites for hydroxylation is 1. The number of halogens is 1. The maximum atomic E-state index is 13.1. The monoisotopic (exact) mass is 538 g/mol. The van der Waals surface area contributed by atoms with Crippen LogP contribution in [0.4, 0.5) is 17.1 Å². The maximum absolute atomic E-state index is 13.1. The first kappa shape index (κ1) is 25.3. The second kappa shape index (κ2) is 9.97. The second-order valence-electron chi connectivity index (χ2n) is 10.1. The van der Waals surface area contributed by atoms with Crippen molar-refractivity contribution in [2.75, 3.05) is 23.3 Å². The van der Waals surface area contributed by atoms with Gasteiger partial charge in [0.25, 0.3) is 0 Å². The van der Waals surface area contributed by atoms with Gasteiger partial charge in [0.1, 0.15) is 11.5 Å². The van der Waals surface area contributed by atoms with Gasteiger partial charge in [-0.3, -0.25) is 0 Å². The Morgan fingerprint density at radius 1 is 0.872 bits per heavy atom. The van der Waals surface area contributed by atoms with Crippen molar-refractivity contribution >= 4 is 34.6 Å². The van der Waals surface area contributed by atoms with Crippen LogP contribution in [0.1, 0.15) is 59.3 Å². The summed E-state index contributed by atoms with van der Waals surface area (Å²) in [7, 11) is 0. The molecule has 1 unspecified atom stereocenters. The van der Waals surface area contributed by atoms with E-state index >= 15 is 0 Å². The molecule has 1 atom stereocenters. The van der Waals surface area contributed by atoms with E-state index in [9.17, 15) is 4.79 Å². The number of hydrogen-bond donors (Lipinski definition) is 1. The molecule has 4 aromatic rings. The summed E-state index contributed by atoms with van der Waals surface area (Å²) < 4.78 is 12.7. The molecule has 6 rings (SSSR count). The SMILES string of the molecule is CCCCN(CC)c1ccc(Nc2ccc3c(c2)Oc2cc(C)c(Cl)cc2C32OC(=O)c3ccccc32)cc1. The van der Waals surface area contributed by atoms with Gasteiger partial charge in [0.05, 0.1) is 5.56 Å². The first-order valence-corrected chi connectivity index (χ1v) is 13.9. The quantitative estimate of drug-likeness (QED) is 0.239. The highest BCUT2D eigenvalue weighted by molar-refractivity contribution is 6.31. The first-order valence-electron chi connectivity index (χ1n) is 13.5. The van der Waals surface area contributed by atoms with E-state index in [0.717, 1.165) is 46.7 Å². The van der Waals surface area contributed by atoms with E-state index in [1.807, 2.05) is 55.5 Å². The normalized spacial score (nSPS) is 16.7. The molecule has 39 heavy (non-hydrogen) atoms. The second-order valence-corrected chi connectivity index (χ2v) is 10.5. The van der Waals surface area contributed by atoms with Crippen LogP contribution in [0.25, 0.3) is 0 Å². The van der Waals surface area contributed by atoms with E-state index in [0.29, 0.717) is 22.1 Å². The maximum Gasteiger partial charge on any atom is 0.340 e. The van der Waals surface area contributed by atoms with Gasteiger partial charge in [0, 0.05) is 57.9 Å². The molecule has 0 bridgehead atoms. The average molecular weight is 539 g/mol. The Morgan fingerprint density at radius 3 is 2.38 bits per heavy atom. The van der Waals surface area contributed by atoms with Crippen LogP contribution < -0.4 is 15.0 Å². The van der Waals surface area contributed by atoms with Crippen molar-refractivity contribution in [3.63, 3.8) is 0 Å². The molecule has 5 nitrogen and oxygen atoms in total. The minimum absolute atomic E-state index is 0.358. The van der Waals surface area contributed by atoms with Gasteiger partial charge in [-0.2, -0.15) is 0 Å². The van der Waals surface area contributed by atoms with Crippen molar-refractivity contribution in [1.82, 2.24) is 0 Å². The van der Waals surface area contributed by atoms with Gasteiger partial charge in [0.15, 0.2) is 5.60 Å². The number of esters is 1. The summed E-state index contributed by atoms with van der Waals surface area (Å²) in [5.41, 5.74) is 5.68. The molecule has 2 aliphatic rings. The first-order chi connectivity index (χ1) is 18.9. The van der Waals surface area contributed by atoms with E-state index in [1.54, 1.807) is 6.07 Å². The van der Waals surface area contributed by atoms with Crippen LogP contribution >= 0.6 is 11.6 Å². The number of nitrogens with one attached hydrogen (secondary N) is 1. The molecule has 2 heterocycles. The zero-order valence-corrected chi connectivity index (χ0v) is 23.1. The standard InChI is InChI=1S/C33H31ClN2O3/c1-4-6-17-36(5-2)24-14-11-22(12-15-24)35-23-13-16-27-31(19-23)38-30-18-21(3)29(34)20-28(30)33(27)26-10-8-7-9-25(26)32(37)39-33/h7-16,18-20,35H,4-6,17H2,1-3H3. The highest BCUT2D eigenvalue weighted by Crippen LogP contribution is 2.57. The molecule has 198 valence electrons. The lowest BCUT2D eigenvalue weighted by Crippen LogP contribution is -2.33. The Hall–Kier alpha value is -3.96. The Balaban J connectivity index is 1.38. The van der Waals surface area contributed by atoms with Crippen LogP contribution in [0.3, 0.4) is 0 Å². The topological polar surface area (TPSA) is 50.8 Å². The number of nitrogens with zero attached hydrogens (tertiary/aromatic N) is 1. The predicted octanol–water partition coefficient (Wildman–Crippen LogP) is 8.59. The van der Waals surface area contributed by atoms with Gasteiger partial charge in [0.2, 0.25) is 0 Å². The fraction of sp³-hybridized carbons (Fsp3) is 0.242. The van der Waals surface area contributed by atoms with Crippen LogP contribution in [-0.4, -0.2) is 19.1 Å². The van der Waals surface area contributed by atoms with Gasteiger partial charge < -0.3 is 19.7 Å². The summed E-state index contributed by atoms with van der Waals surface area (Å²) >= 11 is 6.57. The minimum atomic E-state index is -1.13. The summed E-state index contributed by atoms with van der Waals surface area (Å²) in [5, 5.41) is 4.10. The van der Waals surface area contributed by atoms with E-state index in [2.05, 4.69) is 48.3 Å². The minimum Gasteiger partial charge on any atom is -0.456 e. The zero-order valence-electron chi connectivity index (χ0n) is 22.4. The van der Waals surface area contributed by atoms with Crippen molar-refractivity contribution in [3.8, 4) is 11.5 Å². The van der Waals surface area contributed by atoms with Gasteiger partial charge in [-0.15, -0.1) is 0 Å². The average Bonchev–Trinajstić information content (AvgIpc) is 3.24. The van der Waals surface area contributed by atoms with Gasteiger partial charge >= 0.3 is 5.97 Å². The molecular formula is C33H31ClN2O3. The molecular weight excluding hydrogens is 508 g/mol. The third-order valence-electron chi connectivity index (χ3n) is 7.68. The van der Waals surface area contributed by atoms with E-state index in [-0.39, 0.29) is 5.97 Å². The number of ether oxygens (including phenoxy) is 2. The van der Waals surface area contributed by atoms with Crippen molar-refractivity contribution < 1.29 is 14.3 Å². The summed E-state index contributed by atoms with van der Waals surface area (Å²) in [6, 6.07) is 25.7. The summed E-state index contributed by atoms with van der Waals surface area (Å²) in [6.07, 6.45) is 2.36. The van der Waals surface area contributed by atoms with Crippen LogP contribution in [0, 0.1) is 6.92 Å². The molecule has 0 radical (unpaired) electrons. The number of carbonyl (C=O) groups excluding carboxylic acids is 1. The number of unbranched alkanes of at least 4 members (excludes halogenated alkanes) is 1. The van der Waals surface area contributed by atoms with Crippen molar-refractivity contribution in [2.45, 2.75) is 39.2 Å². The van der Waals surface area contributed by atoms with E-state index < -0.39 is 5.60 Å². The van der Waals surface area contributed by atoms with Crippen LogP contribution in [0.5, 0.6) is 11.5 Å². The van der Waals surface area contributed by atoms with Gasteiger partial charge in [-0.05, 0) is 80.4 Å². The Morgan fingerprint density at radius 2 is 1.62 bits per heavy atom. The van der Waals surface area contributed by atoms with Crippen molar-refractivity contribution in [2.24, 2.45) is 0 Å². The molecule has 6 heteroatoms. The smallest absolute Gasteiger partial charge is 0.340 e. The molecule has 0 fully saturated rings. The lowest BCUT2D eigenvalue weighted by atomic mass is 9.77. The number of fused-ring (bicyclic) bond motifs is 6. The van der Waals surface area contributed by atoms with E-state index in [1.165, 1.54) is 18.5 Å². The fourth-order valence-corrected chi connectivity index (χ4v) is 5.78. The van der Waals surface area contributed by atoms with Crippen LogP contribution in [0.15, 0.2) is 78.9 Å². The zero-order chi connectivity index (χ0) is 27.1. The summed E-state index contributed by atoms with van der Waals surface area (Å²) in [4.78, 5) is 15.5. The number of benzene rings is 4. The molecule has 0 aliphatic carbocycles. The lowest BCUT2D eigenvalue weighted by molar-refractivity contribution is 0.0224. The molecule has 1 spiro atoms. The van der Waals surface area contributed by atoms with Crippen molar-refractivity contribution in [1.29, 1.82) is 0 Å². The number of carbonyl (C=O) groups is 1. The molecule has 0 saturated heterocycles. The summed E-state index contributed by atoms with van der Waals surface area (Å²) in [6.45, 7) is 8.39. The molecule has 0 aromatic heterocycles. The number of rotatable bonds is 7. The Labute approximate surface area is 234 Å². The molecule has 2 aliphatic heterocycles. The van der Waals surface area contributed by atoms with Crippen molar-refractivity contribution in [3.05, 3.63) is 112 Å². The summed E-state index contributed by atoms with van der Waals surface area (Å²) in [5.74, 6) is 0.901.